The second kappa shape index (κ2) is 4.09. The monoisotopic (exact) mass is 245 g/mol. The molecule has 0 radical (unpaired) electrons. The lowest BCUT2D eigenvalue weighted by molar-refractivity contribution is 0.453. The highest BCUT2D eigenvalue weighted by Gasteiger charge is 2.64. The molecule has 3 saturated carbocycles. The van der Waals surface area contributed by atoms with Gasteiger partial charge in [0.2, 0.25) is 0 Å². The third-order valence-electron chi connectivity index (χ3n) is 5.50. The van der Waals surface area contributed by atoms with Gasteiger partial charge in [0.05, 0.1) is 6.54 Å². The first-order valence-corrected chi connectivity index (χ1v) is 7.62. The second-order valence-electron chi connectivity index (χ2n) is 6.43. The van der Waals surface area contributed by atoms with Crippen LogP contribution in [0, 0.1) is 23.7 Å². The summed E-state index contributed by atoms with van der Waals surface area (Å²) < 4.78 is 2.29. The van der Waals surface area contributed by atoms with Crippen molar-refractivity contribution in [2.45, 2.75) is 51.7 Å². The van der Waals surface area contributed by atoms with Crippen LogP contribution in [0.3, 0.4) is 0 Å². The highest BCUT2D eigenvalue weighted by molar-refractivity contribution is 5.17. The van der Waals surface area contributed by atoms with Gasteiger partial charge in [0.15, 0.2) is 0 Å². The van der Waals surface area contributed by atoms with Gasteiger partial charge in [0.25, 0.3) is 0 Å². The molecule has 18 heavy (non-hydrogen) atoms. The number of nitrogens with one attached hydrogen (secondary N) is 1. The van der Waals surface area contributed by atoms with Crippen molar-refractivity contribution in [2.75, 3.05) is 0 Å². The lowest BCUT2D eigenvalue weighted by atomic mass is 10.0. The van der Waals surface area contributed by atoms with Crippen molar-refractivity contribution in [3.05, 3.63) is 18.2 Å². The first-order valence-electron chi connectivity index (χ1n) is 7.62. The summed E-state index contributed by atoms with van der Waals surface area (Å²) in [4.78, 5) is 4.48. The van der Waals surface area contributed by atoms with E-state index in [0.717, 1.165) is 42.8 Å². The predicted molar refractivity (Wildman–Crippen MR) is 71.0 cm³/mol. The van der Waals surface area contributed by atoms with Crippen LogP contribution >= 0.6 is 0 Å². The highest BCUT2D eigenvalue weighted by Crippen LogP contribution is 2.65. The van der Waals surface area contributed by atoms with E-state index in [2.05, 4.69) is 28.0 Å². The van der Waals surface area contributed by atoms with Gasteiger partial charge in [-0.25, -0.2) is 4.98 Å². The minimum absolute atomic E-state index is 0.822. The number of aromatic nitrogens is 2. The zero-order valence-corrected chi connectivity index (χ0v) is 11.2. The minimum Gasteiger partial charge on any atom is -0.334 e. The van der Waals surface area contributed by atoms with Crippen LogP contribution < -0.4 is 5.32 Å². The lowest BCUT2D eigenvalue weighted by Gasteiger charge is -2.11. The molecule has 0 aliphatic heterocycles. The van der Waals surface area contributed by atoms with Crippen molar-refractivity contribution in [1.82, 2.24) is 14.9 Å². The van der Waals surface area contributed by atoms with Crippen LogP contribution in [0.4, 0.5) is 0 Å². The summed E-state index contributed by atoms with van der Waals surface area (Å²) in [5, 5.41) is 3.78. The van der Waals surface area contributed by atoms with Crippen LogP contribution in [0.1, 0.15) is 38.4 Å². The lowest BCUT2D eigenvalue weighted by Crippen LogP contribution is -2.24. The number of imidazole rings is 1. The fraction of sp³-hybridized carbons (Fsp3) is 0.800. The number of fused-ring (bicyclic) bond motifs is 5. The molecule has 1 heterocycles. The van der Waals surface area contributed by atoms with E-state index < -0.39 is 0 Å². The Balaban J connectivity index is 1.36. The van der Waals surface area contributed by atoms with E-state index in [4.69, 9.17) is 0 Å². The van der Waals surface area contributed by atoms with E-state index in [1.54, 1.807) is 0 Å². The Bertz CT molecular complexity index is 423. The number of aryl methyl sites for hydroxylation is 1. The van der Waals surface area contributed by atoms with Crippen LogP contribution in [-0.2, 0) is 13.1 Å². The van der Waals surface area contributed by atoms with E-state index in [9.17, 15) is 0 Å². The van der Waals surface area contributed by atoms with Crippen LogP contribution in [0.25, 0.3) is 0 Å². The van der Waals surface area contributed by atoms with Crippen molar-refractivity contribution < 1.29 is 0 Å². The minimum atomic E-state index is 0.822. The molecule has 0 amide bonds. The predicted octanol–water partition coefficient (Wildman–Crippen LogP) is 2.43. The Hall–Kier alpha value is -0.830. The fourth-order valence-electron chi connectivity index (χ4n) is 4.76. The van der Waals surface area contributed by atoms with Crippen LogP contribution in [0.15, 0.2) is 12.4 Å². The molecule has 4 unspecified atom stereocenters. The molecular weight excluding hydrogens is 222 g/mol. The van der Waals surface area contributed by atoms with Crippen molar-refractivity contribution in [3.8, 4) is 0 Å². The van der Waals surface area contributed by atoms with Crippen molar-refractivity contribution in [1.29, 1.82) is 0 Å². The van der Waals surface area contributed by atoms with E-state index in [-0.39, 0.29) is 0 Å². The van der Waals surface area contributed by atoms with Crippen LogP contribution in [-0.4, -0.2) is 15.6 Å². The maximum Gasteiger partial charge on any atom is 0.122 e. The molecule has 3 aliphatic carbocycles. The molecular formula is C15H23N3. The molecule has 0 spiro atoms. The van der Waals surface area contributed by atoms with Gasteiger partial charge >= 0.3 is 0 Å². The molecule has 3 heteroatoms. The number of hydrogen-bond acceptors (Lipinski definition) is 2. The van der Waals surface area contributed by atoms with Crippen molar-refractivity contribution in [3.63, 3.8) is 0 Å². The zero-order valence-electron chi connectivity index (χ0n) is 11.2. The van der Waals surface area contributed by atoms with Gasteiger partial charge < -0.3 is 9.88 Å². The third-order valence-corrected chi connectivity index (χ3v) is 5.50. The van der Waals surface area contributed by atoms with Crippen molar-refractivity contribution >= 4 is 0 Å². The Morgan fingerprint density at radius 1 is 1.33 bits per heavy atom. The maximum absolute atomic E-state index is 4.48. The number of rotatable bonds is 5. The van der Waals surface area contributed by atoms with E-state index in [0.29, 0.717) is 0 Å². The van der Waals surface area contributed by atoms with E-state index in [1.165, 1.54) is 31.5 Å². The standard InChI is InChI=1S/C15H23N3/c1-2-6-18-7-5-16-12(18)9-17-15-13-10-3-4-11(8-10)14(13)15/h5,7,10-11,13-15,17H,2-4,6,8-9H2,1H3. The molecule has 2 bridgehead atoms. The average molecular weight is 245 g/mol. The highest BCUT2D eigenvalue weighted by atomic mass is 15.1. The smallest absolute Gasteiger partial charge is 0.122 e. The van der Waals surface area contributed by atoms with Gasteiger partial charge in [-0.3, -0.25) is 0 Å². The molecule has 0 aromatic carbocycles. The summed E-state index contributed by atoms with van der Waals surface area (Å²) in [5.74, 6) is 5.40. The van der Waals surface area contributed by atoms with Crippen LogP contribution in [0.5, 0.6) is 0 Å². The maximum atomic E-state index is 4.48. The van der Waals surface area contributed by atoms with Gasteiger partial charge in [0, 0.05) is 25.0 Å². The molecule has 4 atom stereocenters. The Morgan fingerprint density at radius 2 is 2.11 bits per heavy atom. The first kappa shape index (κ1) is 11.0. The van der Waals surface area contributed by atoms with Gasteiger partial charge in [-0.15, -0.1) is 0 Å². The number of nitrogens with zero attached hydrogens (tertiary/aromatic N) is 2. The molecule has 98 valence electrons. The Morgan fingerprint density at radius 3 is 2.83 bits per heavy atom. The van der Waals surface area contributed by atoms with E-state index in [1.807, 2.05) is 6.20 Å². The molecule has 3 nitrogen and oxygen atoms in total. The Labute approximate surface area is 109 Å². The normalized spacial score (nSPS) is 40.2. The quantitative estimate of drug-likeness (QED) is 0.863. The molecule has 0 saturated heterocycles. The number of hydrogen-bond donors (Lipinski definition) is 1. The largest absolute Gasteiger partial charge is 0.334 e. The molecule has 1 aromatic rings. The molecule has 4 rings (SSSR count). The van der Waals surface area contributed by atoms with Crippen molar-refractivity contribution in [2.24, 2.45) is 23.7 Å². The summed E-state index contributed by atoms with van der Waals surface area (Å²) in [6.45, 7) is 4.28. The van der Waals surface area contributed by atoms with Crippen LogP contribution in [0.2, 0.25) is 0 Å². The second-order valence-corrected chi connectivity index (χ2v) is 6.43. The first-order chi connectivity index (χ1) is 8.88. The van der Waals surface area contributed by atoms with E-state index >= 15 is 0 Å². The zero-order chi connectivity index (χ0) is 12.1. The van der Waals surface area contributed by atoms with Gasteiger partial charge in [-0.2, -0.15) is 0 Å². The SMILES string of the molecule is CCCn1ccnc1CNC1C2C3CCC(C3)C12. The van der Waals surface area contributed by atoms with Gasteiger partial charge in [0.1, 0.15) is 5.82 Å². The summed E-state index contributed by atoms with van der Waals surface area (Å²) in [6.07, 6.45) is 9.78. The van der Waals surface area contributed by atoms with Gasteiger partial charge in [-0.1, -0.05) is 6.92 Å². The van der Waals surface area contributed by atoms with Gasteiger partial charge in [-0.05, 0) is 49.4 Å². The fourth-order valence-corrected chi connectivity index (χ4v) is 4.76. The topological polar surface area (TPSA) is 29.9 Å². The molecule has 3 aliphatic rings. The summed E-state index contributed by atoms with van der Waals surface area (Å²) in [7, 11) is 0. The summed E-state index contributed by atoms with van der Waals surface area (Å²) >= 11 is 0. The molecule has 3 fully saturated rings. The molecule has 1 N–H and O–H groups in total. The Kier molecular flexibility index (Phi) is 2.51. The summed E-state index contributed by atoms with van der Waals surface area (Å²) in [5.41, 5.74) is 0. The summed E-state index contributed by atoms with van der Waals surface area (Å²) in [6, 6.07) is 0.822. The molecule has 1 aromatic heterocycles. The average Bonchev–Trinajstić information content (AvgIpc) is 2.78. The third kappa shape index (κ3) is 1.56.